The third-order valence-electron chi connectivity index (χ3n) is 4.80. The molecule has 0 unspecified atom stereocenters. The summed E-state index contributed by atoms with van der Waals surface area (Å²) in [6, 6.07) is 13.9. The van der Waals surface area contributed by atoms with Crippen molar-refractivity contribution in [2.24, 2.45) is 5.73 Å². The fourth-order valence-electron chi connectivity index (χ4n) is 3.22. The van der Waals surface area contributed by atoms with E-state index in [9.17, 15) is 13.2 Å². The molecule has 0 atom stereocenters. The molecule has 27 heavy (non-hydrogen) atoms. The Morgan fingerprint density at radius 3 is 2.33 bits per heavy atom. The fourth-order valence-corrected chi connectivity index (χ4v) is 4.95. The van der Waals surface area contributed by atoms with Crippen LogP contribution in [0.2, 0.25) is 0 Å². The van der Waals surface area contributed by atoms with Gasteiger partial charge in [-0.15, -0.1) is 0 Å². The first-order chi connectivity index (χ1) is 13.0. The molecule has 0 spiro atoms. The molecule has 3 N–H and O–H groups in total. The van der Waals surface area contributed by atoms with Crippen LogP contribution >= 0.6 is 0 Å². The summed E-state index contributed by atoms with van der Waals surface area (Å²) in [5, 5.41) is 2.81. The van der Waals surface area contributed by atoms with Crippen molar-refractivity contribution in [1.82, 2.24) is 9.62 Å². The second kappa shape index (κ2) is 8.65. The minimum absolute atomic E-state index is 0.153. The van der Waals surface area contributed by atoms with Gasteiger partial charge in [0.25, 0.3) is 5.91 Å². The lowest BCUT2D eigenvalue weighted by atomic mass is 10.1. The van der Waals surface area contributed by atoms with Gasteiger partial charge in [-0.3, -0.25) is 4.79 Å². The third kappa shape index (κ3) is 4.55. The van der Waals surface area contributed by atoms with Crippen LogP contribution in [0.15, 0.2) is 53.4 Å². The number of hydrogen-bond donors (Lipinski definition) is 2. The second-order valence-corrected chi connectivity index (χ2v) is 8.56. The van der Waals surface area contributed by atoms with E-state index in [1.165, 1.54) is 0 Å². The first-order valence-electron chi connectivity index (χ1n) is 9.17. The normalized spacial score (nSPS) is 15.4. The average molecular weight is 388 g/mol. The second-order valence-electron chi connectivity index (χ2n) is 6.66. The van der Waals surface area contributed by atoms with Crippen molar-refractivity contribution in [2.45, 2.75) is 37.2 Å². The zero-order chi connectivity index (χ0) is 19.3. The van der Waals surface area contributed by atoms with Gasteiger partial charge in [0.05, 0.1) is 4.90 Å². The predicted molar refractivity (Wildman–Crippen MR) is 105 cm³/mol. The van der Waals surface area contributed by atoms with Gasteiger partial charge in [-0.2, -0.15) is 4.31 Å². The molecule has 3 rings (SSSR count). The molecule has 2 aromatic carbocycles. The maximum Gasteiger partial charge on any atom is 0.251 e. The summed E-state index contributed by atoms with van der Waals surface area (Å²) in [4.78, 5) is 12.6. The van der Waals surface area contributed by atoms with Crippen LogP contribution in [0.3, 0.4) is 0 Å². The van der Waals surface area contributed by atoms with E-state index < -0.39 is 10.0 Å². The summed E-state index contributed by atoms with van der Waals surface area (Å²) >= 11 is 0. The Hall–Kier alpha value is -2.22. The first kappa shape index (κ1) is 19.5. The maximum atomic E-state index is 13.0. The van der Waals surface area contributed by atoms with E-state index in [1.54, 1.807) is 40.7 Å². The van der Waals surface area contributed by atoms with Crippen molar-refractivity contribution < 1.29 is 13.2 Å². The van der Waals surface area contributed by atoms with Gasteiger partial charge in [-0.25, -0.2) is 8.42 Å². The molecule has 144 valence electrons. The summed E-state index contributed by atoms with van der Waals surface area (Å²) in [5.74, 6) is -0.247. The molecule has 7 heteroatoms. The molecule has 6 nitrogen and oxygen atoms in total. The lowest BCUT2D eigenvalue weighted by Gasteiger charge is -2.26. The molecule has 0 aromatic heterocycles. The Labute approximate surface area is 160 Å². The molecule has 1 fully saturated rings. The Bertz CT molecular complexity index is 889. The van der Waals surface area contributed by atoms with Crippen LogP contribution in [0, 0.1) is 0 Å². The van der Waals surface area contributed by atoms with Gasteiger partial charge in [-0.05, 0) is 42.2 Å². The van der Waals surface area contributed by atoms with E-state index in [2.05, 4.69) is 5.32 Å². The van der Waals surface area contributed by atoms with E-state index in [1.807, 2.05) is 12.1 Å². The summed E-state index contributed by atoms with van der Waals surface area (Å²) < 4.78 is 27.5. The predicted octanol–water partition coefficient (Wildman–Crippen LogP) is 2.25. The zero-order valence-corrected chi connectivity index (χ0v) is 16.0. The minimum atomic E-state index is -3.55. The third-order valence-corrected chi connectivity index (χ3v) is 6.80. The topological polar surface area (TPSA) is 92.5 Å². The highest BCUT2D eigenvalue weighted by molar-refractivity contribution is 7.89. The van der Waals surface area contributed by atoms with Crippen LogP contribution in [0.25, 0.3) is 0 Å². The number of benzene rings is 2. The van der Waals surface area contributed by atoms with Crippen molar-refractivity contribution in [3.63, 3.8) is 0 Å². The number of carbonyl (C=O) groups is 1. The summed E-state index contributed by atoms with van der Waals surface area (Å²) in [5.41, 5.74) is 7.63. The molecule has 1 aliphatic rings. The van der Waals surface area contributed by atoms with Gasteiger partial charge in [0, 0.05) is 31.7 Å². The molecule has 1 saturated heterocycles. The Morgan fingerprint density at radius 1 is 1.00 bits per heavy atom. The van der Waals surface area contributed by atoms with E-state index in [4.69, 9.17) is 5.73 Å². The number of nitrogens with zero attached hydrogens (tertiary/aromatic N) is 1. The Morgan fingerprint density at radius 2 is 1.67 bits per heavy atom. The summed E-state index contributed by atoms with van der Waals surface area (Å²) in [6.07, 6.45) is 2.83. The SMILES string of the molecule is NCc1ccc(C(=O)NCc2ccccc2S(=O)(=O)N2CCCCC2)cc1. The largest absolute Gasteiger partial charge is 0.348 e. The van der Waals surface area contributed by atoms with E-state index in [0.29, 0.717) is 30.8 Å². The smallest absolute Gasteiger partial charge is 0.251 e. The number of amides is 1. The van der Waals surface area contributed by atoms with Crippen molar-refractivity contribution in [2.75, 3.05) is 13.1 Å². The Balaban J connectivity index is 1.74. The molecule has 0 bridgehead atoms. The molecule has 1 aliphatic heterocycles. The van der Waals surface area contributed by atoms with E-state index in [0.717, 1.165) is 24.8 Å². The maximum absolute atomic E-state index is 13.0. The van der Waals surface area contributed by atoms with Gasteiger partial charge in [0.2, 0.25) is 10.0 Å². The standard InChI is InChI=1S/C20H25N3O3S/c21-14-16-8-10-17(11-9-16)20(24)22-15-18-6-2-3-7-19(18)27(25,26)23-12-4-1-5-13-23/h2-3,6-11H,1,4-5,12-15,21H2,(H,22,24). The van der Waals surface area contributed by atoms with Crippen LogP contribution in [0.4, 0.5) is 0 Å². The number of sulfonamides is 1. The number of piperidine rings is 1. The molecular formula is C20H25N3O3S. The van der Waals surface area contributed by atoms with Gasteiger partial charge >= 0.3 is 0 Å². The average Bonchev–Trinajstić information content (AvgIpc) is 2.73. The zero-order valence-electron chi connectivity index (χ0n) is 15.2. The number of carbonyl (C=O) groups excluding carboxylic acids is 1. The van der Waals surface area contributed by atoms with E-state index in [-0.39, 0.29) is 17.3 Å². The van der Waals surface area contributed by atoms with Gasteiger partial charge in [-0.1, -0.05) is 36.8 Å². The van der Waals surface area contributed by atoms with Crippen LogP contribution in [-0.4, -0.2) is 31.7 Å². The first-order valence-corrected chi connectivity index (χ1v) is 10.6. The van der Waals surface area contributed by atoms with Gasteiger partial charge < -0.3 is 11.1 Å². The highest BCUT2D eigenvalue weighted by Crippen LogP contribution is 2.23. The number of hydrogen-bond acceptors (Lipinski definition) is 4. The molecule has 1 amide bonds. The fraction of sp³-hybridized carbons (Fsp3) is 0.350. The molecule has 0 saturated carbocycles. The lowest BCUT2D eigenvalue weighted by molar-refractivity contribution is 0.0950. The quantitative estimate of drug-likeness (QED) is 0.795. The molecule has 0 aliphatic carbocycles. The van der Waals surface area contributed by atoms with Crippen LogP contribution in [-0.2, 0) is 23.1 Å². The summed E-state index contributed by atoms with van der Waals surface area (Å²) in [6.45, 7) is 1.68. The van der Waals surface area contributed by atoms with Gasteiger partial charge in [0.1, 0.15) is 0 Å². The van der Waals surface area contributed by atoms with Crippen molar-refractivity contribution in [1.29, 1.82) is 0 Å². The highest BCUT2D eigenvalue weighted by atomic mass is 32.2. The highest BCUT2D eigenvalue weighted by Gasteiger charge is 2.27. The van der Waals surface area contributed by atoms with Crippen molar-refractivity contribution in [3.05, 3.63) is 65.2 Å². The summed E-state index contributed by atoms with van der Waals surface area (Å²) in [7, 11) is -3.55. The monoisotopic (exact) mass is 387 g/mol. The molecule has 0 radical (unpaired) electrons. The van der Waals surface area contributed by atoms with E-state index >= 15 is 0 Å². The molecular weight excluding hydrogens is 362 g/mol. The Kier molecular flexibility index (Phi) is 6.26. The number of nitrogens with two attached hydrogens (primary N) is 1. The van der Waals surface area contributed by atoms with Crippen LogP contribution in [0.1, 0.15) is 40.7 Å². The van der Waals surface area contributed by atoms with Gasteiger partial charge in [0.15, 0.2) is 0 Å². The van der Waals surface area contributed by atoms with Crippen molar-refractivity contribution in [3.8, 4) is 0 Å². The minimum Gasteiger partial charge on any atom is -0.348 e. The van der Waals surface area contributed by atoms with Crippen LogP contribution in [0.5, 0.6) is 0 Å². The van der Waals surface area contributed by atoms with Crippen LogP contribution < -0.4 is 11.1 Å². The number of nitrogens with one attached hydrogen (secondary N) is 1. The lowest BCUT2D eigenvalue weighted by Crippen LogP contribution is -2.36. The molecule has 2 aromatic rings. The molecule has 1 heterocycles. The number of rotatable bonds is 6. The van der Waals surface area contributed by atoms with Crippen molar-refractivity contribution >= 4 is 15.9 Å².